The van der Waals surface area contributed by atoms with Gasteiger partial charge < -0.3 is 9.47 Å². The zero-order valence-corrected chi connectivity index (χ0v) is 16.1. The van der Waals surface area contributed by atoms with Gasteiger partial charge in [0.15, 0.2) is 0 Å². The van der Waals surface area contributed by atoms with E-state index in [2.05, 4.69) is 9.47 Å². The number of esters is 1. The molecule has 0 amide bonds. The van der Waals surface area contributed by atoms with Crippen LogP contribution in [0.2, 0.25) is 0 Å². The van der Waals surface area contributed by atoms with Crippen LogP contribution in [0, 0.1) is 0 Å². The zero-order chi connectivity index (χ0) is 31.0. The van der Waals surface area contributed by atoms with Crippen molar-refractivity contribution in [2.45, 2.75) is 66.7 Å². The summed E-state index contributed by atoms with van der Waals surface area (Å²) in [4.78, 5) is 11.2. The topological polar surface area (TPSA) is 54.0 Å². The standard InChI is InChI=1S/C12HF21O5/c13-3(8(21,22)23,37-11(30,31)6(19,20)9(24,25)26)2(34)36-12(32,33)7(10(27,28)29)35-1(4(14,15)16)5(17,18)38-7/h1H. The van der Waals surface area contributed by atoms with Gasteiger partial charge in [0.1, 0.15) is 0 Å². The molecule has 26 heteroatoms. The Morgan fingerprint density at radius 3 is 1.39 bits per heavy atom. The van der Waals surface area contributed by atoms with Gasteiger partial charge >= 0.3 is 66.6 Å². The summed E-state index contributed by atoms with van der Waals surface area (Å²) in [7, 11) is 0. The van der Waals surface area contributed by atoms with E-state index in [1.165, 1.54) is 4.74 Å². The molecule has 1 aliphatic rings. The van der Waals surface area contributed by atoms with Gasteiger partial charge in [0.2, 0.25) is 6.10 Å². The van der Waals surface area contributed by atoms with Crippen molar-refractivity contribution in [3.63, 3.8) is 0 Å². The Bertz CT molecular complexity index is 898. The molecule has 0 radical (unpaired) electrons. The van der Waals surface area contributed by atoms with Crippen molar-refractivity contribution in [1.29, 1.82) is 0 Å². The van der Waals surface area contributed by atoms with Crippen LogP contribution < -0.4 is 0 Å². The number of carbonyl (C=O) groups excluding carboxylic acids is 1. The van der Waals surface area contributed by atoms with Crippen LogP contribution in [-0.2, 0) is 23.7 Å². The lowest BCUT2D eigenvalue weighted by Crippen LogP contribution is -2.66. The van der Waals surface area contributed by atoms with Crippen LogP contribution in [-0.4, -0.2) is 72.7 Å². The number of ether oxygens (including phenoxy) is 4. The second-order valence-corrected chi connectivity index (χ2v) is 6.51. The predicted molar refractivity (Wildman–Crippen MR) is 63.7 cm³/mol. The van der Waals surface area contributed by atoms with Gasteiger partial charge in [0.25, 0.3) is 0 Å². The SMILES string of the molecule is O=C(OC(F)(F)C1(C(F)(F)F)OC(C(F)(F)F)C(F)(F)O1)C(F)(OC(F)(F)C(F)(F)C(F)(F)F)C(F)(F)F. The zero-order valence-electron chi connectivity index (χ0n) is 16.1. The van der Waals surface area contributed by atoms with E-state index in [1.807, 2.05) is 4.74 Å². The number of halogens is 21. The molecule has 226 valence electrons. The van der Waals surface area contributed by atoms with Gasteiger partial charge in [-0.05, 0) is 0 Å². The van der Waals surface area contributed by atoms with Crippen molar-refractivity contribution in [2.24, 2.45) is 0 Å². The van der Waals surface area contributed by atoms with Gasteiger partial charge in [-0.25, -0.2) is 4.79 Å². The molecule has 0 aliphatic carbocycles. The summed E-state index contributed by atoms with van der Waals surface area (Å²) in [5.74, 6) is -27.9. The predicted octanol–water partition coefficient (Wildman–Crippen LogP) is 5.99. The summed E-state index contributed by atoms with van der Waals surface area (Å²) in [5, 5.41) is 0. The number of rotatable bonds is 6. The lowest BCUT2D eigenvalue weighted by Gasteiger charge is -2.37. The van der Waals surface area contributed by atoms with Gasteiger partial charge in [-0.1, -0.05) is 0 Å². The normalized spacial score (nSPS) is 25.8. The summed E-state index contributed by atoms with van der Waals surface area (Å²) in [5.41, 5.74) is 0. The number of hydrogen-bond donors (Lipinski definition) is 0. The fourth-order valence-corrected chi connectivity index (χ4v) is 2.05. The molecule has 3 unspecified atom stereocenters. The quantitative estimate of drug-likeness (QED) is 0.269. The minimum absolute atomic E-state index is 1.39. The third kappa shape index (κ3) is 5.33. The van der Waals surface area contributed by atoms with Crippen LogP contribution >= 0.6 is 0 Å². The highest BCUT2D eigenvalue weighted by atomic mass is 19.4. The van der Waals surface area contributed by atoms with E-state index in [-0.39, 0.29) is 0 Å². The second kappa shape index (κ2) is 8.69. The molecular formula is C12HF21O5. The summed E-state index contributed by atoms with van der Waals surface area (Å²) in [6, 6.07) is 0. The summed E-state index contributed by atoms with van der Waals surface area (Å²) in [6.45, 7) is 0. The van der Waals surface area contributed by atoms with Crippen LogP contribution in [0.5, 0.6) is 0 Å². The first kappa shape index (κ1) is 33.9. The van der Waals surface area contributed by atoms with Crippen molar-refractivity contribution in [3.8, 4) is 0 Å². The number of alkyl halides is 21. The molecule has 1 heterocycles. The first-order chi connectivity index (χ1) is 16.1. The Morgan fingerprint density at radius 1 is 0.684 bits per heavy atom. The Morgan fingerprint density at radius 2 is 1.11 bits per heavy atom. The highest BCUT2D eigenvalue weighted by molar-refractivity contribution is 5.79. The molecule has 1 aliphatic heterocycles. The average Bonchev–Trinajstić information content (AvgIpc) is 2.92. The van der Waals surface area contributed by atoms with E-state index in [4.69, 9.17) is 0 Å². The lowest BCUT2D eigenvalue weighted by molar-refractivity contribution is -0.493. The van der Waals surface area contributed by atoms with Crippen LogP contribution in [0.4, 0.5) is 92.2 Å². The summed E-state index contributed by atoms with van der Waals surface area (Å²) in [6.07, 6.45) is -57.4. The highest BCUT2D eigenvalue weighted by Gasteiger charge is 2.88. The van der Waals surface area contributed by atoms with Gasteiger partial charge in [0, 0.05) is 0 Å². The Labute approximate surface area is 190 Å². The molecule has 0 bridgehead atoms. The average molecular weight is 624 g/mol. The van der Waals surface area contributed by atoms with Crippen molar-refractivity contribution >= 4 is 5.97 Å². The minimum Gasteiger partial charge on any atom is -0.392 e. The number of carbonyl (C=O) groups is 1. The van der Waals surface area contributed by atoms with Gasteiger partial charge in [-0.2, -0.15) is 92.2 Å². The third-order valence-corrected chi connectivity index (χ3v) is 3.76. The van der Waals surface area contributed by atoms with E-state index in [1.54, 1.807) is 0 Å². The monoisotopic (exact) mass is 624 g/mol. The van der Waals surface area contributed by atoms with Crippen molar-refractivity contribution < 1.29 is 116 Å². The van der Waals surface area contributed by atoms with E-state index in [0.29, 0.717) is 0 Å². The second-order valence-electron chi connectivity index (χ2n) is 6.51. The Hall–Kier alpha value is -2.12. The largest absolute Gasteiger partial charge is 0.466 e. The van der Waals surface area contributed by atoms with Crippen molar-refractivity contribution in [3.05, 3.63) is 0 Å². The number of hydrogen-bond acceptors (Lipinski definition) is 5. The van der Waals surface area contributed by atoms with E-state index in [9.17, 15) is 97.0 Å². The van der Waals surface area contributed by atoms with Gasteiger partial charge in [-0.15, -0.1) is 0 Å². The smallest absolute Gasteiger partial charge is 0.392 e. The van der Waals surface area contributed by atoms with Crippen molar-refractivity contribution in [2.75, 3.05) is 0 Å². The molecule has 0 aromatic rings. The van der Waals surface area contributed by atoms with E-state index < -0.39 is 72.7 Å². The minimum atomic E-state index is -7.93. The van der Waals surface area contributed by atoms with Gasteiger partial charge in [0.05, 0.1) is 0 Å². The molecule has 1 rings (SSSR count). The first-order valence-electron chi connectivity index (χ1n) is 7.91. The molecule has 0 N–H and O–H groups in total. The van der Waals surface area contributed by atoms with E-state index >= 15 is 0 Å². The molecular weight excluding hydrogens is 623 g/mol. The Kier molecular flexibility index (Phi) is 7.75. The summed E-state index contributed by atoms with van der Waals surface area (Å²) >= 11 is 0. The maximum absolute atomic E-state index is 14.0. The third-order valence-electron chi connectivity index (χ3n) is 3.76. The van der Waals surface area contributed by atoms with Crippen LogP contribution in [0.15, 0.2) is 0 Å². The maximum Gasteiger partial charge on any atom is 0.466 e. The van der Waals surface area contributed by atoms with Crippen LogP contribution in [0.1, 0.15) is 0 Å². The fourth-order valence-electron chi connectivity index (χ4n) is 2.05. The lowest BCUT2D eigenvalue weighted by atomic mass is 10.2. The van der Waals surface area contributed by atoms with Gasteiger partial charge in [-0.3, -0.25) is 9.47 Å². The first-order valence-corrected chi connectivity index (χ1v) is 7.91. The molecule has 1 saturated heterocycles. The van der Waals surface area contributed by atoms with Crippen molar-refractivity contribution in [1.82, 2.24) is 0 Å². The molecule has 0 aromatic carbocycles. The van der Waals surface area contributed by atoms with Crippen LogP contribution in [0.25, 0.3) is 0 Å². The Balaban J connectivity index is 3.65. The fraction of sp³-hybridized carbons (Fsp3) is 0.917. The molecule has 5 nitrogen and oxygen atoms in total. The summed E-state index contributed by atoms with van der Waals surface area (Å²) < 4.78 is 279. The maximum atomic E-state index is 14.0. The molecule has 38 heavy (non-hydrogen) atoms. The molecule has 0 aromatic heterocycles. The molecule has 3 atom stereocenters. The van der Waals surface area contributed by atoms with Crippen LogP contribution in [0.3, 0.4) is 0 Å². The molecule has 1 fully saturated rings. The van der Waals surface area contributed by atoms with E-state index in [0.717, 1.165) is 0 Å². The molecule has 0 spiro atoms. The highest BCUT2D eigenvalue weighted by Crippen LogP contribution is 2.58. The molecule has 0 saturated carbocycles.